The summed E-state index contributed by atoms with van der Waals surface area (Å²) in [6.07, 6.45) is 4.60. The Bertz CT molecular complexity index is 515. The number of aliphatic hydroxyl groups is 1. The van der Waals surface area contributed by atoms with E-state index in [9.17, 15) is 10.2 Å². The van der Waals surface area contributed by atoms with Crippen molar-refractivity contribution >= 4 is 0 Å². The van der Waals surface area contributed by atoms with Crippen molar-refractivity contribution in [1.82, 2.24) is 4.90 Å². The summed E-state index contributed by atoms with van der Waals surface area (Å²) < 4.78 is 5.29. The van der Waals surface area contributed by atoms with Gasteiger partial charge in [0.2, 0.25) is 0 Å². The van der Waals surface area contributed by atoms with Gasteiger partial charge in [0.05, 0.1) is 7.11 Å². The number of aliphatic hydroxyl groups excluding tert-OH is 1. The second-order valence-corrected chi connectivity index (χ2v) is 6.20. The van der Waals surface area contributed by atoms with E-state index in [0.29, 0.717) is 24.1 Å². The van der Waals surface area contributed by atoms with Crippen molar-refractivity contribution in [3.8, 4) is 11.5 Å². The first-order valence-corrected chi connectivity index (χ1v) is 7.93. The van der Waals surface area contributed by atoms with Crippen molar-refractivity contribution in [3.05, 3.63) is 35.9 Å². The molecule has 1 aromatic rings. The molecule has 0 radical (unpaired) electrons. The summed E-state index contributed by atoms with van der Waals surface area (Å²) in [6, 6.07) is 4.43. The van der Waals surface area contributed by atoms with Crippen molar-refractivity contribution in [3.63, 3.8) is 0 Å². The molecule has 1 saturated heterocycles. The van der Waals surface area contributed by atoms with Crippen LogP contribution in [-0.2, 0) is 13.0 Å². The van der Waals surface area contributed by atoms with Crippen LogP contribution >= 0.6 is 0 Å². The van der Waals surface area contributed by atoms with Crippen molar-refractivity contribution in [2.24, 2.45) is 5.92 Å². The lowest BCUT2D eigenvalue weighted by molar-refractivity contribution is 0.0771. The van der Waals surface area contributed by atoms with E-state index in [4.69, 9.17) is 4.74 Å². The van der Waals surface area contributed by atoms with Crippen molar-refractivity contribution < 1.29 is 14.9 Å². The number of hydrogen-bond donors (Lipinski definition) is 2. The first-order valence-electron chi connectivity index (χ1n) is 7.93. The van der Waals surface area contributed by atoms with Crippen LogP contribution in [0.5, 0.6) is 11.5 Å². The Labute approximate surface area is 133 Å². The van der Waals surface area contributed by atoms with Gasteiger partial charge in [0.1, 0.15) is 0 Å². The number of allylic oxidation sites excluding steroid dienone is 1. The van der Waals surface area contributed by atoms with Crippen LogP contribution < -0.4 is 4.74 Å². The van der Waals surface area contributed by atoms with E-state index >= 15 is 0 Å². The predicted molar refractivity (Wildman–Crippen MR) is 88.2 cm³/mol. The van der Waals surface area contributed by atoms with Crippen molar-refractivity contribution in [1.29, 1.82) is 0 Å². The van der Waals surface area contributed by atoms with Gasteiger partial charge >= 0.3 is 0 Å². The lowest BCUT2D eigenvalue weighted by Gasteiger charge is -2.37. The number of piperidine rings is 1. The minimum Gasteiger partial charge on any atom is -0.504 e. The second-order valence-electron chi connectivity index (χ2n) is 6.20. The van der Waals surface area contributed by atoms with Gasteiger partial charge in [0, 0.05) is 31.3 Å². The lowest BCUT2D eigenvalue weighted by Crippen LogP contribution is -2.42. The third-order valence-corrected chi connectivity index (χ3v) is 4.55. The van der Waals surface area contributed by atoms with Gasteiger partial charge in [-0.2, -0.15) is 0 Å². The molecule has 1 heterocycles. The van der Waals surface area contributed by atoms with E-state index in [0.717, 1.165) is 37.1 Å². The molecule has 4 nitrogen and oxygen atoms in total. The number of rotatable bonds is 6. The number of likely N-dealkylation sites (tertiary alicyclic amines) is 1. The Balaban J connectivity index is 2.20. The maximum absolute atomic E-state index is 10.2. The monoisotopic (exact) mass is 305 g/mol. The van der Waals surface area contributed by atoms with Crippen LogP contribution in [0.15, 0.2) is 24.8 Å². The summed E-state index contributed by atoms with van der Waals surface area (Å²) in [6.45, 7) is 7.95. The van der Waals surface area contributed by atoms with Crippen LogP contribution in [-0.4, -0.2) is 41.4 Å². The van der Waals surface area contributed by atoms with Crippen molar-refractivity contribution in [2.45, 2.75) is 38.8 Å². The fourth-order valence-corrected chi connectivity index (χ4v) is 3.15. The molecule has 0 saturated carbocycles. The molecule has 4 heteroatoms. The fourth-order valence-electron chi connectivity index (χ4n) is 3.15. The average molecular weight is 305 g/mol. The van der Waals surface area contributed by atoms with Gasteiger partial charge in [-0.3, -0.25) is 4.90 Å². The highest BCUT2D eigenvalue weighted by molar-refractivity contribution is 5.49. The van der Waals surface area contributed by atoms with E-state index in [-0.39, 0.29) is 12.4 Å². The Morgan fingerprint density at radius 1 is 1.41 bits per heavy atom. The smallest absolute Gasteiger partial charge is 0.161 e. The molecular weight excluding hydrogens is 278 g/mol. The molecule has 2 atom stereocenters. The Kier molecular flexibility index (Phi) is 5.86. The molecule has 1 aliphatic heterocycles. The van der Waals surface area contributed by atoms with Gasteiger partial charge in [0.25, 0.3) is 0 Å². The zero-order valence-corrected chi connectivity index (χ0v) is 13.6. The van der Waals surface area contributed by atoms with Gasteiger partial charge in [-0.1, -0.05) is 12.1 Å². The van der Waals surface area contributed by atoms with Gasteiger partial charge in [-0.25, -0.2) is 0 Å². The molecule has 2 rings (SSSR count). The van der Waals surface area contributed by atoms with Crippen molar-refractivity contribution in [2.75, 3.05) is 20.3 Å². The van der Waals surface area contributed by atoms with E-state index in [1.54, 1.807) is 13.2 Å². The molecular formula is C18H27NO3. The molecule has 1 aromatic carbocycles. The maximum Gasteiger partial charge on any atom is 0.161 e. The molecule has 122 valence electrons. The summed E-state index contributed by atoms with van der Waals surface area (Å²) in [5.74, 6) is 1.08. The molecule has 0 spiro atoms. The summed E-state index contributed by atoms with van der Waals surface area (Å²) in [4.78, 5) is 2.40. The van der Waals surface area contributed by atoms with Gasteiger partial charge in [-0.05, 0) is 43.7 Å². The number of nitrogens with zero attached hydrogens (tertiary/aromatic N) is 1. The maximum atomic E-state index is 10.2. The molecule has 0 aliphatic carbocycles. The fraction of sp³-hybridized carbons (Fsp3) is 0.556. The molecule has 1 aliphatic rings. The van der Waals surface area contributed by atoms with Crippen LogP contribution in [0.1, 0.15) is 30.9 Å². The topological polar surface area (TPSA) is 52.9 Å². The second kappa shape index (κ2) is 7.65. The number of benzene rings is 1. The molecule has 0 bridgehead atoms. The number of phenolic OH excluding ortho intramolecular Hbond substituents is 1. The average Bonchev–Trinajstić information content (AvgIpc) is 2.52. The standard InChI is InChI=1S/C18H27NO3/c1-4-5-16-8-15(9-17(22-3)18(16)21)11-19-10-14(12-20)7-6-13(19)2/h4,8-9,13-14,20-21H,1,5-7,10-12H2,2-3H3. The Morgan fingerprint density at radius 2 is 2.18 bits per heavy atom. The number of hydrogen-bond acceptors (Lipinski definition) is 4. The third-order valence-electron chi connectivity index (χ3n) is 4.55. The van der Waals surface area contributed by atoms with Crippen LogP contribution in [0.3, 0.4) is 0 Å². The largest absolute Gasteiger partial charge is 0.504 e. The number of ether oxygens (including phenoxy) is 1. The quantitative estimate of drug-likeness (QED) is 0.794. The Morgan fingerprint density at radius 3 is 2.82 bits per heavy atom. The zero-order valence-electron chi connectivity index (χ0n) is 13.6. The van der Waals surface area contributed by atoms with Gasteiger partial charge in [0.15, 0.2) is 11.5 Å². The SMILES string of the molecule is C=CCc1cc(CN2CC(CO)CCC2C)cc(OC)c1O. The zero-order chi connectivity index (χ0) is 16.1. The van der Waals surface area contributed by atoms with Gasteiger partial charge in [-0.15, -0.1) is 6.58 Å². The molecule has 1 fully saturated rings. The summed E-state index contributed by atoms with van der Waals surface area (Å²) in [7, 11) is 1.57. The Hall–Kier alpha value is -1.52. The highest BCUT2D eigenvalue weighted by Gasteiger charge is 2.25. The van der Waals surface area contributed by atoms with Crippen LogP contribution in [0.2, 0.25) is 0 Å². The molecule has 0 aromatic heterocycles. The highest BCUT2D eigenvalue weighted by Crippen LogP contribution is 2.33. The van der Waals surface area contributed by atoms with Crippen LogP contribution in [0, 0.1) is 5.92 Å². The first-order chi connectivity index (χ1) is 10.6. The summed E-state index contributed by atoms with van der Waals surface area (Å²) >= 11 is 0. The minimum atomic E-state index is 0.200. The first kappa shape index (κ1) is 16.8. The molecule has 2 unspecified atom stereocenters. The highest BCUT2D eigenvalue weighted by atomic mass is 16.5. The predicted octanol–water partition coefficient (Wildman–Crippen LogP) is 2.72. The number of phenols is 1. The third kappa shape index (κ3) is 3.81. The normalized spacial score (nSPS) is 22.5. The molecule has 0 amide bonds. The molecule has 2 N–H and O–H groups in total. The number of aromatic hydroxyl groups is 1. The van der Waals surface area contributed by atoms with Gasteiger partial charge < -0.3 is 14.9 Å². The van der Waals surface area contributed by atoms with E-state index in [1.165, 1.54) is 0 Å². The van der Waals surface area contributed by atoms with Crippen LogP contribution in [0.4, 0.5) is 0 Å². The minimum absolute atomic E-state index is 0.200. The van der Waals surface area contributed by atoms with Crippen LogP contribution in [0.25, 0.3) is 0 Å². The molecule has 22 heavy (non-hydrogen) atoms. The van der Waals surface area contributed by atoms with E-state index < -0.39 is 0 Å². The summed E-state index contributed by atoms with van der Waals surface area (Å²) in [5, 5.41) is 19.6. The van der Waals surface area contributed by atoms with E-state index in [1.807, 2.05) is 12.1 Å². The van der Waals surface area contributed by atoms with E-state index in [2.05, 4.69) is 18.4 Å². The number of methoxy groups -OCH3 is 1. The lowest BCUT2D eigenvalue weighted by atomic mass is 9.93. The summed E-state index contributed by atoms with van der Waals surface area (Å²) in [5.41, 5.74) is 1.96.